The van der Waals surface area contributed by atoms with E-state index < -0.39 is 4.92 Å². The average Bonchev–Trinajstić information content (AvgIpc) is 3.40. The van der Waals surface area contributed by atoms with Gasteiger partial charge in [0.25, 0.3) is 5.69 Å². The number of carbonyl (C=O) groups excluding carboxylic acids is 1. The molecule has 8 heteroatoms. The van der Waals surface area contributed by atoms with E-state index in [9.17, 15) is 14.9 Å². The number of halogens is 1. The average molecular weight is 419 g/mol. The van der Waals surface area contributed by atoms with Crippen molar-refractivity contribution < 1.29 is 9.72 Å². The summed E-state index contributed by atoms with van der Waals surface area (Å²) in [5.74, 6) is 0. The Balaban J connectivity index is 1.61. The number of nitro groups is 1. The summed E-state index contributed by atoms with van der Waals surface area (Å²) in [5.41, 5.74) is 2.57. The zero-order valence-electron chi connectivity index (χ0n) is 14.2. The molecule has 2 amide bonds. The molecule has 1 unspecified atom stereocenters. The standard InChI is InChI=1S/C18H19BrN4O3/c1-11(20-17-9-8-15(23(25)26)10-16(17)19)12-2-4-13(5-3-12)21-18(24)22-14-6-7-14/h2-5,8-11,14,20H,6-7H2,1H3,(H2,21,22,24). The van der Waals surface area contributed by atoms with Crippen molar-refractivity contribution in [3.8, 4) is 0 Å². The minimum atomic E-state index is -0.428. The minimum absolute atomic E-state index is 0.0119. The summed E-state index contributed by atoms with van der Waals surface area (Å²) in [5, 5.41) is 19.8. The lowest BCUT2D eigenvalue weighted by Crippen LogP contribution is -2.30. The van der Waals surface area contributed by atoms with Crippen LogP contribution in [0.3, 0.4) is 0 Å². The van der Waals surface area contributed by atoms with Crippen molar-refractivity contribution in [2.24, 2.45) is 0 Å². The Hall–Kier alpha value is -2.61. The molecule has 0 aromatic heterocycles. The van der Waals surface area contributed by atoms with Gasteiger partial charge in [0.2, 0.25) is 0 Å². The maximum atomic E-state index is 11.7. The van der Waals surface area contributed by atoms with Crippen LogP contribution < -0.4 is 16.0 Å². The van der Waals surface area contributed by atoms with Gasteiger partial charge in [0.15, 0.2) is 0 Å². The number of hydrogen-bond donors (Lipinski definition) is 3. The van der Waals surface area contributed by atoms with Crippen LogP contribution in [0.4, 0.5) is 21.9 Å². The molecular formula is C18H19BrN4O3. The number of carbonyl (C=O) groups is 1. The largest absolute Gasteiger partial charge is 0.378 e. The Morgan fingerprint density at radius 2 is 1.92 bits per heavy atom. The highest BCUT2D eigenvalue weighted by Gasteiger charge is 2.23. The minimum Gasteiger partial charge on any atom is -0.378 e. The van der Waals surface area contributed by atoms with Crippen LogP contribution in [0.5, 0.6) is 0 Å². The van der Waals surface area contributed by atoms with E-state index in [1.54, 1.807) is 6.07 Å². The Labute approximate surface area is 159 Å². The molecule has 1 aliphatic rings. The second kappa shape index (κ2) is 7.74. The van der Waals surface area contributed by atoms with Crippen LogP contribution >= 0.6 is 15.9 Å². The van der Waals surface area contributed by atoms with Crippen molar-refractivity contribution >= 4 is 39.0 Å². The molecule has 0 radical (unpaired) electrons. The monoisotopic (exact) mass is 418 g/mol. The maximum absolute atomic E-state index is 11.7. The first kappa shape index (κ1) is 18.2. The molecule has 1 atom stereocenters. The number of amides is 2. The van der Waals surface area contributed by atoms with E-state index in [-0.39, 0.29) is 17.8 Å². The Morgan fingerprint density at radius 3 is 2.50 bits per heavy atom. The van der Waals surface area contributed by atoms with Crippen molar-refractivity contribution in [3.05, 3.63) is 62.6 Å². The van der Waals surface area contributed by atoms with Crippen LogP contribution in [-0.2, 0) is 0 Å². The summed E-state index contributed by atoms with van der Waals surface area (Å²) in [6.45, 7) is 2.00. The van der Waals surface area contributed by atoms with Crippen LogP contribution in [-0.4, -0.2) is 17.0 Å². The normalized spacial score (nSPS) is 14.4. The Kier molecular flexibility index (Phi) is 5.41. The van der Waals surface area contributed by atoms with Crippen molar-refractivity contribution in [3.63, 3.8) is 0 Å². The van der Waals surface area contributed by atoms with E-state index in [1.807, 2.05) is 31.2 Å². The van der Waals surface area contributed by atoms with Gasteiger partial charge < -0.3 is 16.0 Å². The fraction of sp³-hybridized carbons (Fsp3) is 0.278. The highest BCUT2D eigenvalue weighted by Crippen LogP contribution is 2.30. The molecule has 0 spiro atoms. The first-order chi connectivity index (χ1) is 12.4. The second-order valence-corrected chi connectivity index (χ2v) is 7.14. The first-order valence-electron chi connectivity index (χ1n) is 8.30. The number of nitrogens with zero attached hydrogens (tertiary/aromatic N) is 1. The van der Waals surface area contributed by atoms with Crippen molar-refractivity contribution in [1.82, 2.24) is 5.32 Å². The van der Waals surface area contributed by atoms with Crippen LogP contribution in [0.25, 0.3) is 0 Å². The molecular weight excluding hydrogens is 400 g/mol. The highest BCUT2D eigenvalue weighted by atomic mass is 79.9. The second-order valence-electron chi connectivity index (χ2n) is 6.28. The number of non-ortho nitro benzene ring substituents is 1. The smallest absolute Gasteiger partial charge is 0.319 e. The molecule has 0 saturated heterocycles. The van der Waals surface area contributed by atoms with Gasteiger partial charge in [0, 0.05) is 40.1 Å². The van der Waals surface area contributed by atoms with Gasteiger partial charge in [-0.05, 0) is 59.5 Å². The summed E-state index contributed by atoms with van der Waals surface area (Å²) >= 11 is 3.36. The summed E-state index contributed by atoms with van der Waals surface area (Å²) in [4.78, 5) is 22.1. The predicted octanol–water partition coefficient (Wildman–Crippen LogP) is 4.81. The quantitative estimate of drug-likeness (QED) is 0.462. The molecule has 2 aromatic rings. The van der Waals surface area contributed by atoms with Crippen LogP contribution in [0.15, 0.2) is 46.9 Å². The number of rotatable bonds is 6. The number of hydrogen-bond acceptors (Lipinski definition) is 4. The fourth-order valence-electron chi connectivity index (χ4n) is 2.49. The van der Waals surface area contributed by atoms with Gasteiger partial charge in [-0.15, -0.1) is 0 Å². The molecule has 3 N–H and O–H groups in total. The Morgan fingerprint density at radius 1 is 1.23 bits per heavy atom. The van der Waals surface area contributed by atoms with Gasteiger partial charge in [0.05, 0.1) is 4.92 Å². The predicted molar refractivity (Wildman–Crippen MR) is 104 cm³/mol. The zero-order valence-corrected chi connectivity index (χ0v) is 15.7. The van der Waals surface area contributed by atoms with Crippen molar-refractivity contribution in [2.45, 2.75) is 31.8 Å². The summed E-state index contributed by atoms with van der Waals surface area (Å²) in [7, 11) is 0. The van der Waals surface area contributed by atoms with Crippen molar-refractivity contribution in [2.75, 3.05) is 10.6 Å². The molecule has 0 aliphatic heterocycles. The first-order valence-corrected chi connectivity index (χ1v) is 9.09. The van der Waals surface area contributed by atoms with E-state index >= 15 is 0 Å². The van der Waals surface area contributed by atoms with E-state index in [0.717, 1.165) is 29.8 Å². The number of benzene rings is 2. The third-order valence-electron chi connectivity index (χ3n) is 4.12. The molecule has 136 valence electrons. The van der Waals surface area contributed by atoms with Crippen LogP contribution in [0.2, 0.25) is 0 Å². The molecule has 1 saturated carbocycles. The summed E-state index contributed by atoms with van der Waals surface area (Å²) < 4.78 is 0.633. The number of nitrogens with one attached hydrogen (secondary N) is 3. The van der Waals surface area contributed by atoms with E-state index in [4.69, 9.17) is 0 Å². The van der Waals surface area contributed by atoms with Gasteiger partial charge in [-0.2, -0.15) is 0 Å². The Bertz CT molecular complexity index is 822. The SMILES string of the molecule is CC(Nc1ccc([N+](=O)[O-])cc1Br)c1ccc(NC(=O)NC2CC2)cc1. The maximum Gasteiger partial charge on any atom is 0.319 e. The molecule has 7 nitrogen and oxygen atoms in total. The van der Waals surface area contributed by atoms with Crippen molar-refractivity contribution in [1.29, 1.82) is 0 Å². The zero-order chi connectivity index (χ0) is 18.7. The van der Waals surface area contributed by atoms with Gasteiger partial charge in [-0.3, -0.25) is 10.1 Å². The molecule has 26 heavy (non-hydrogen) atoms. The topological polar surface area (TPSA) is 96.3 Å². The van der Waals surface area contributed by atoms with Gasteiger partial charge in [0.1, 0.15) is 0 Å². The lowest BCUT2D eigenvalue weighted by atomic mass is 10.1. The number of nitro benzene ring substituents is 1. The summed E-state index contributed by atoms with van der Waals surface area (Å²) in [6.07, 6.45) is 2.10. The third-order valence-corrected chi connectivity index (χ3v) is 4.77. The van der Waals surface area contributed by atoms with E-state index in [2.05, 4.69) is 31.9 Å². The molecule has 0 bridgehead atoms. The van der Waals surface area contributed by atoms with Crippen LogP contribution in [0, 0.1) is 10.1 Å². The summed E-state index contributed by atoms with van der Waals surface area (Å²) in [6, 6.07) is 12.3. The molecule has 1 aliphatic carbocycles. The van der Waals surface area contributed by atoms with Crippen LogP contribution in [0.1, 0.15) is 31.4 Å². The lowest BCUT2D eigenvalue weighted by Gasteiger charge is -2.17. The van der Waals surface area contributed by atoms with Gasteiger partial charge in [-0.1, -0.05) is 12.1 Å². The van der Waals surface area contributed by atoms with Gasteiger partial charge >= 0.3 is 6.03 Å². The van der Waals surface area contributed by atoms with E-state index in [0.29, 0.717) is 10.5 Å². The number of anilines is 2. The molecule has 0 heterocycles. The molecule has 2 aromatic carbocycles. The lowest BCUT2D eigenvalue weighted by molar-refractivity contribution is -0.384. The number of urea groups is 1. The highest BCUT2D eigenvalue weighted by molar-refractivity contribution is 9.10. The fourth-order valence-corrected chi connectivity index (χ4v) is 2.97. The molecule has 1 fully saturated rings. The third kappa shape index (κ3) is 4.72. The van der Waals surface area contributed by atoms with E-state index in [1.165, 1.54) is 12.1 Å². The molecule has 3 rings (SSSR count). The van der Waals surface area contributed by atoms with Gasteiger partial charge in [-0.25, -0.2) is 4.79 Å².